The van der Waals surface area contributed by atoms with Crippen molar-refractivity contribution < 1.29 is 14.3 Å². The number of anilines is 1. The predicted molar refractivity (Wildman–Crippen MR) is 129 cm³/mol. The van der Waals surface area contributed by atoms with E-state index in [0.717, 1.165) is 70.5 Å². The first kappa shape index (κ1) is 22.5. The molecular weight excluding hydrogens is 414 g/mol. The van der Waals surface area contributed by atoms with Gasteiger partial charge in [0.1, 0.15) is 5.75 Å². The molecule has 0 spiro atoms. The first-order chi connectivity index (χ1) is 16.0. The number of hydrogen-bond acceptors (Lipinski definition) is 5. The molecule has 6 heteroatoms. The minimum absolute atomic E-state index is 0.0914. The number of rotatable bonds is 5. The molecule has 1 saturated carbocycles. The number of likely N-dealkylation sites (tertiary alicyclic amines) is 1. The molecule has 2 aliphatic heterocycles. The van der Waals surface area contributed by atoms with Gasteiger partial charge in [-0.3, -0.25) is 19.4 Å². The Balaban J connectivity index is 1.14. The van der Waals surface area contributed by atoms with E-state index in [4.69, 9.17) is 4.74 Å². The van der Waals surface area contributed by atoms with Crippen LogP contribution in [-0.4, -0.2) is 66.0 Å². The molecule has 5 rings (SSSR count). The average molecular weight is 452 g/mol. The summed E-state index contributed by atoms with van der Waals surface area (Å²) in [5, 5.41) is 0. The molecule has 2 aliphatic carbocycles. The van der Waals surface area contributed by atoms with Crippen molar-refractivity contribution in [3.05, 3.63) is 36.4 Å². The van der Waals surface area contributed by atoms with Crippen molar-refractivity contribution >= 4 is 17.5 Å². The van der Waals surface area contributed by atoms with Crippen LogP contribution in [0.2, 0.25) is 0 Å². The van der Waals surface area contributed by atoms with Crippen molar-refractivity contribution in [2.45, 2.75) is 70.6 Å². The molecule has 1 aromatic carbocycles. The SMILES string of the molecule is CC(C)Oc1ccccc1N1CCN(C2CCC(N3C(=O)[C@H]4CC=CC[C@H]4C3=O)CC2)CC1. The highest BCUT2D eigenvalue weighted by Gasteiger charge is 2.50. The maximum atomic E-state index is 12.9. The van der Waals surface area contributed by atoms with Crippen LogP contribution in [0.25, 0.3) is 0 Å². The van der Waals surface area contributed by atoms with E-state index in [0.29, 0.717) is 6.04 Å². The third kappa shape index (κ3) is 4.42. The van der Waals surface area contributed by atoms with Gasteiger partial charge in [0, 0.05) is 38.3 Å². The van der Waals surface area contributed by atoms with Crippen LogP contribution in [0.3, 0.4) is 0 Å². The summed E-state index contributed by atoms with van der Waals surface area (Å²) in [6, 6.07) is 9.02. The molecule has 4 aliphatic rings. The van der Waals surface area contributed by atoms with E-state index in [2.05, 4.69) is 54.0 Å². The lowest BCUT2D eigenvalue weighted by molar-refractivity contribution is -0.143. The summed E-state index contributed by atoms with van der Waals surface area (Å²) in [5.74, 6) is 0.950. The number of imide groups is 1. The first-order valence-electron chi connectivity index (χ1n) is 12.8. The molecule has 6 nitrogen and oxygen atoms in total. The summed E-state index contributed by atoms with van der Waals surface area (Å²) in [5.41, 5.74) is 1.19. The molecule has 33 heavy (non-hydrogen) atoms. The molecule has 0 N–H and O–H groups in total. The summed E-state index contributed by atoms with van der Waals surface area (Å²) in [6.45, 7) is 8.22. The Hall–Kier alpha value is -2.34. The molecule has 0 bridgehead atoms. The van der Waals surface area contributed by atoms with Gasteiger partial charge in [-0.1, -0.05) is 24.3 Å². The third-order valence-electron chi connectivity index (χ3n) is 7.97. The van der Waals surface area contributed by atoms with Crippen LogP contribution in [0.1, 0.15) is 52.4 Å². The fraction of sp³-hybridized carbons (Fsp3) is 0.630. The first-order valence-corrected chi connectivity index (χ1v) is 12.8. The van der Waals surface area contributed by atoms with Crippen LogP contribution in [0.5, 0.6) is 5.75 Å². The summed E-state index contributed by atoms with van der Waals surface area (Å²) >= 11 is 0. The van der Waals surface area contributed by atoms with E-state index >= 15 is 0 Å². The summed E-state index contributed by atoms with van der Waals surface area (Å²) in [7, 11) is 0. The Morgan fingerprint density at radius 3 is 2.00 bits per heavy atom. The predicted octanol–water partition coefficient (Wildman–Crippen LogP) is 3.86. The van der Waals surface area contributed by atoms with Gasteiger partial charge in [0.15, 0.2) is 0 Å². The van der Waals surface area contributed by atoms with Crippen LogP contribution < -0.4 is 9.64 Å². The molecule has 3 fully saturated rings. The lowest BCUT2D eigenvalue weighted by Gasteiger charge is -2.43. The second-order valence-electron chi connectivity index (χ2n) is 10.3. The Morgan fingerprint density at radius 2 is 1.39 bits per heavy atom. The van der Waals surface area contributed by atoms with Crippen molar-refractivity contribution in [1.29, 1.82) is 0 Å². The van der Waals surface area contributed by atoms with Crippen molar-refractivity contribution in [2.24, 2.45) is 11.8 Å². The van der Waals surface area contributed by atoms with E-state index in [1.807, 2.05) is 6.07 Å². The van der Waals surface area contributed by atoms with Gasteiger partial charge in [-0.05, 0) is 64.5 Å². The molecule has 0 radical (unpaired) electrons. The van der Waals surface area contributed by atoms with E-state index in [9.17, 15) is 9.59 Å². The number of benzene rings is 1. The topological polar surface area (TPSA) is 53.1 Å². The maximum absolute atomic E-state index is 12.9. The van der Waals surface area contributed by atoms with Gasteiger partial charge in [-0.25, -0.2) is 0 Å². The zero-order valence-corrected chi connectivity index (χ0v) is 20.0. The number of ether oxygens (including phenoxy) is 1. The molecule has 1 aromatic rings. The van der Waals surface area contributed by atoms with Crippen LogP contribution in [0.4, 0.5) is 5.69 Å². The Kier molecular flexibility index (Phi) is 6.46. The monoisotopic (exact) mass is 451 g/mol. The molecule has 2 saturated heterocycles. The van der Waals surface area contributed by atoms with Crippen molar-refractivity contribution in [3.8, 4) is 5.75 Å². The van der Waals surface area contributed by atoms with E-state index in [1.54, 1.807) is 4.90 Å². The van der Waals surface area contributed by atoms with Gasteiger partial charge in [-0.15, -0.1) is 0 Å². The molecule has 0 aromatic heterocycles. The molecule has 2 atom stereocenters. The second kappa shape index (κ2) is 9.49. The number of fused-ring (bicyclic) bond motifs is 1. The second-order valence-corrected chi connectivity index (χ2v) is 10.3. The third-order valence-corrected chi connectivity index (χ3v) is 7.97. The Labute approximate surface area is 197 Å². The molecule has 2 amide bonds. The smallest absolute Gasteiger partial charge is 0.233 e. The highest BCUT2D eigenvalue weighted by atomic mass is 16.5. The van der Waals surface area contributed by atoms with Gasteiger partial charge in [0.2, 0.25) is 11.8 Å². The van der Waals surface area contributed by atoms with E-state index in [-0.39, 0.29) is 35.8 Å². The van der Waals surface area contributed by atoms with E-state index < -0.39 is 0 Å². The minimum atomic E-state index is -0.101. The number of piperazine rings is 1. The zero-order chi connectivity index (χ0) is 22.9. The van der Waals surface area contributed by atoms with E-state index in [1.165, 1.54) is 5.69 Å². The Morgan fingerprint density at radius 1 is 0.818 bits per heavy atom. The molecule has 178 valence electrons. The summed E-state index contributed by atoms with van der Waals surface area (Å²) in [4.78, 5) is 32.6. The molecular formula is C27H37N3O3. The number of nitrogens with zero attached hydrogens (tertiary/aromatic N) is 3. The van der Waals surface area contributed by atoms with Crippen LogP contribution in [0, 0.1) is 11.8 Å². The standard InChI is InChI=1S/C27H37N3O3/c1-19(2)33-25-10-6-5-9-24(25)29-17-15-28(16-18-29)20-11-13-21(14-12-20)30-26(31)22-7-3-4-8-23(22)27(30)32/h3-6,9-10,19-23H,7-8,11-18H2,1-2H3/t20?,21?,22-,23+. The van der Waals surface area contributed by atoms with Gasteiger partial charge < -0.3 is 9.64 Å². The van der Waals surface area contributed by atoms with Gasteiger partial charge >= 0.3 is 0 Å². The lowest BCUT2D eigenvalue weighted by atomic mass is 9.85. The highest BCUT2D eigenvalue weighted by Crippen LogP contribution is 2.39. The van der Waals surface area contributed by atoms with Crippen LogP contribution in [-0.2, 0) is 9.59 Å². The normalized spacial score (nSPS) is 30.8. The van der Waals surface area contributed by atoms with Crippen molar-refractivity contribution in [1.82, 2.24) is 9.80 Å². The summed E-state index contributed by atoms with van der Waals surface area (Å²) < 4.78 is 6.04. The number of carbonyl (C=O) groups is 2. The quantitative estimate of drug-likeness (QED) is 0.503. The maximum Gasteiger partial charge on any atom is 0.233 e. The van der Waals surface area contributed by atoms with Crippen molar-refractivity contribution in [2.75, 3.05) is 31.1 Å². The largest absolute Gasteiger partial charge is 0.489 e. The van der Waals surface area contributed by atoms with Gasteiger partial charge in [-0.2, -0.15) is 0 Å². The summed E-state index contributed by atoms with van der Waals surface area (Å²) in [6.07, 6.45) is 9.80. The zero-order valence-electron chi connectivity index (χ0n) is 20.0. The Bertz CT molecular complexity index is 872. The number of carbonyl (C=O) groups excluding carboxylic acids is 2. The van der Waals surface area contributed by atoms with Crippen molar-refractivity contribution in [3.63, 3.8) is 0 Å². The lowest BCUT2D eigenvalue weighted by Crippen LogP contribution is -2.53. The highest BCUT2D eigenvalue weighted by molar-refractivity contribution is 6.05. The van der Waals surface area contributed by atoms with Gasteiger partial charge in [0.25, 0.3) is 0 Å². The fourth-order valence-electron chi connectivity index (χ4n) is 6.27. The molecule has 0 unspecified atom stereocenters. The average Bonchev–Trinajstić information content (AvgIpc) is 3.09. The number of amides is 2. The number of para-hydroxylation sites is 2. The van der Waals surface area contributed by atoms with Crippen LogP contribution >= 0.6 is 0 Å². The van der Waals surface area contributed by atoms with Crippen LogP contribution in [0.15, 0.2) is 36.4 Å². The fourth-order valence-corrected chi connectivity index (χ4v) is 6.27. The molecule has 2 heterocycles. The number of hydrogen-bond donors (Lipinski definition) is 0. The number of allylic oxidation sites excluding steroid dienone is 2. The minimum Gasteiger partial charge on any atom is -0.489 e. The van der Waals surface area contributed by atoms with Gasteiger partial charge in [0.05, 0.1) is 23.6 Å².